The van der Waals surface area contributed by atoms with E-state index in [1.165, 1.54) is 6.20 Å². The first-order valence-electron chi connectivity index (χ1n) is 8.45. The van der Waals surface area contributed by atoms with Crippen LogP contribution in [0, 0.1) is 3.57 Å². The minimum absolute atomic E-state index is 0.0170. The van der Waals surface area contributed by atoms with Crippen molar-refractivity contribution in [1.82, 2.24) is 15.3 Å². The summed E-state index contributed by atoms with van der Waals surface area (Å²) in [4.78, 5) is 31.8. The monoisotopic (exact) mass is 487 g/mol. The second-order valence-electron chi connectivity index (χ2n) is 6.15. The molecule has 3 aromatic rings. The van der Waals surface area contributed by atoms with E-state index in [1.54, 1.807) is 12.1 Å². The van der Waals surface area contributed by atoms with Crippen LogP contribution >= 0.6 is 22.6 Å². The van der Waals surface area contributed by atoms with Crippen LogP contribution < -0.4 is 16.8 Å². The molecule has 0 aliphatic rings. The molecule has 0 fully saturated rings. The lowest BCUT2D eigenvalue weighted by atomic mass is 10.1. The van der Waals surface area contributed by atoms with E-state index in [-0.39, 0.29) is 17.4 Å². The molecular weight excluding hydrogens is 469 g/mol. The number of amides is 2. The maximum Gasteiger partial charge on any atom is 0.271 e. The minimum atomic E-state index is -0.709. The fourth-order valence-electron chi connectivity index (χ4n) is 2.65. The summed E-state index contributed by atoms with van der Waals surface area (Å²) in [5, 5.41) is 2.91. The summed E-state index contributed by atoms with van der Waals surface area (Å²) in [6, 6.07) is 15.1. The van der Waals surface area contributed by atoms with Gasteiger partial charge >= 0.3 is 0 Å². The van der Waals surface area contributed by atoms with Crippen LogP contribution in [0.4, 0.5) is 5.82 Å². The van der Waals surface area contributed by atoms with Crippen molar-refractivity contribution < 1.29 is 9.59 Å². The maximum absolute atomic E-state index is 12.3. The minimum Gasteiger partial charge on any atom is -0.382 e. The van der Waals surface area contributed by atoms with Gasteiger partial charge in [0.15, 0.2) is 11.5 Å². The van der Waals surface area contributed by atoms with E-state index in [2.05, 4.69) is 37.9 Å². The number of nitrogens with one attached hydrogen (secondary N) is 1. The van der Waals surface area contributed by atoms with E-state index in [9.17, 15) is 9.59 Å². The summed E-state index contributed by atoms with van der Waals surface area (Å²) in [5.74, 6) is -0.820. The summed E-state index contributed by atoms with van der Waals surface area (Å²) < 4.78 is 1.08. The number of hydrogen-bond acceptors (Lipinski definition) is 5. The van der Waals surface area contributed by atoms with Crippen LogP contribution in [0.15, 0.2) is 54.7 Å². The molecule has 0 radical (unpaired) electrons. The van der Waals surface area contributed by atoms with Crippen molar-refractivity contribution in [2.24, 2.45) is 5.73 Å². The molecule has 0 unspecified atom stereocenters. The number of rotatable bonds is 6. The predicted molar refractivity (Wildman–Crippen MR) is 115 cm³/mol. The number of hydrogen-bond donors (Lipinski definition) is 3. The lowest BCUT2D eigenvalue weighted by Gasteiger charge is -2.08. The van der Waals surface area contributed by atoms with Crippen molar-refractivity contribution in [3.63, 3.8) is 0 Å². The topological polar surface area (TPSA) is 124 Å². The second kappa shape index (κ2) is 8.79. The molecule has 5 N–H and O–H groups in total. The van der Waals surface area contributed by atoms with Gasteiger partial charge in [-0.3, -0.25) is 9.59 Å². The zero-order chi connectivity index (χ0) is 20.1. The van der Waals surface area contributed by atoms with Gasteiger partial charge in [-0.15, -0.1) is 0 Å². The number of aromatic nitrogens is 2. The molecule has 0 atom stereocenters. The van der Waals surface area contributed by atoms with Crippen LogP contribution in [0.1, 0.15) is 37.7 Å². The number of carbonyl (C=O) groups excluding carboxylic acids is 2. The largest absolute Gasteiger partial charge is 0.382 e. The van der Waals surface area contributed by atoms with E-state index >= 15 is 0 Å². The highest BCUT2D eigenvalue weighted by Crippen LogP contribution is 2.13. The van der Waals surface area contributed by atoms with Gasteiger partial charge in [0.25, 0.3) is 11.8 Å². The molecule has 8 heteroatoms. The standard InChI is InChI=1S/C20H18IN5O2/c21-15-6-4-14(5-7-15)20(28)25-10-13-3-1-2-12(8-13)9-16-11-24-18(22)17(26-16)19(23)27/h1-8,11H,9-10H2,(H2,22,24)(H2,23,27)(H,25,28). The fraction of sp³-hybridized carbons (Fsp3) is 0.100. The van der Waals surface area contributed by atoms with Crippen molar-refractivity contribution in [2.45, 2.75) is 13.0 Å². The van der Waals surface area contributed by atoms with Crippen LogP contribution in [-0.4, -0.2) is 21.8 Å². The van der Waals surface area contributed by atoms with E-state index in [1.807, 2.05) is 36.4 Å². The molecule has 2 aromatic carbocycles. The molecule has 0 saturated carbocycles. The van der Waals surface area contributed by atoms with Crippen molar-refractivity contribution in [3.05, 3.63) is 86.4 Å². The quantitative estimate of drug-likeness (QED) is 0.461. The van der Waals surface area contributed by atoms with Gasteiger partial charge in [-0.25, -0.2) is 9.97 Å². The number of nitrogen functional groups attached to an aromatic ring is 1. The third-order valence-electron chi connectivity index (χ3n) is 4.02. The van der Waals surface area contributed by atoms with Crippen molar-refractivity contribution >= 4 is 40.2 Å². The van der Waals surface area contributed by atoms with Gasteiger partial charge < -0.3 is 16.8 Å². The van der Waals surface area contributed by atoms with Crippen LogP contribution in [0.3, 0.4) is 0 Å². The first-order valence-corrected chi connectivity index (χ1v) is 9.53. The second-order valence-corrected chi connectivity index (χ2v) is 7.39. The molecule has 0 aliphatic heterocycles. The van der Waals surface area contributed by atoms with Gasteiger partial charge in [0.2, 0.25) is 0 Å². The SMILES string of the molecule is NC(=O)c1nc(Cc2cccc(CNC(=O)c3ccc(I)cc3)c2)cnc1N. The van der Waals surface area contributed by atoms with Crippen LogP contribution in [0.2, 0.25) is 0 Å². The Bertz CT molecular complexity index is 1020. The number of nitrogens with two attached hydrogens (primary N) is 2. The third kappa shape index (κ3) is 5.03. The molecule has 7 nitrogen and oxygen atoms in total. The fourth-order valence-corrected chi connectivity index (χ4v) is 3.01. The molecule has 0 bridgehead atoms. The number of benzene rings is 2. The van der Waals surface area contributed by atoms with Crippen LogP contribution in [-0.2, 0) is 13.0 Å². The smallest absolute Gasteiger partial charge is 0.271 e. The van der Waals surface area contributed by atoms with E-state index in [0.29, 0.717) is 24.2 Å². The summed E-state index contributed by atoms with van der Waals surface area (Å²) in [6.45, 7) is 0.401. The van der Waals surface area contributed by atoms with Gasteiger partial charge in [-0.1, -0.05) is 24.3 Å². The Hall–Kier alpha value is -3.01. The van der Waals surface area contributed by atoms with E-state index in [4.69, 9.17) is 11.5 Å². The zero-order valence-corrected chi connectivity index (χ0v) is 17.0. The first-order chi connectivity index (χ1) is 13.4. The number of halogens is 1. The predicted octanol–water partition coefficient (Wildman–Crippen LogP) is 2.28. The lowest BCUT2D eigenvalue weighted by Crippen LogP contribution is -2.22. The molecule has 3 rings (SSSR count). The number of primary amides is 1. The van der Waals surface area contributed by atoms with Crippen molar-refractivity contribution in [1.29, 1.82) is 0 Å². The summed E-state index contributed by atoms with van der Waals surface area (Å²) >= 11 is 2.20. The molecule has 28 heavy (non-hydrogen) atoms. The third-order valence-corrected chi connectivity index (χ3v) is 4.74. The summed E-state index contributed by atoms with van der Waals surface area (Å²) in [6.07, 6.45) is 1.99. The Morgan fingerprint density at radius 3 is 2.50 bits per heavy atom. The maximum atomic E-state index is 12.3. The highest BCUT2D eigenvalue weighted by atomic mass is 127. The van der Waals surface area contributed by atoms with Gasteiger partial charge in [0.1, 0.15) is 0 Å². The van der Waals surface area contributed by atoms with Crippen LogP contribution in [0.5, 0.6) is 0 Å². The Labute approximate surface area is 175 Å². The van der Waals surface area contributed by atoms with E-state index < -0.39 is 5.91 Å². The average molecular weight is 487 g/mol. The zero-order valence-electron chi connectivity index (χ0n) is 14.9. The molecular formula is C20H18IN5O2. The van der Waals surface area contributed by atoms with Gasteiger partial charge in [-0.2, -0.15) is 0 Å². The molecule has 0 aliphatic carbocycles. The Kier molecular flexibility index (Phi) is 6.19. The number of nitrogens with zero attached hydrogens (tertiary/aromatic N) is 2. The number of carbonyl (C=O) groups is 2. The van der Waals surface area contributed by atoms with E-state index in [0.717, 1.165) is 14.7 Å². The molecule has 1 heterocycles. The Morgan fingerprint density at radius 2 is 1.79 bits per heavy atom. The average Bonchev–Trinajstić information content (AvgIpc) is 2.68. The first kappa shape index (κ1) is 19.7. The molecule has 0 spiro atoms. The summed E-state index contributed by atoms with van der Waals surface area (Å²) in [5.41, 5.74) is 14.0. The molecule has 2 amide bonds. The highest BCUT2D eigenvalue weighted by Gasteiger charge is 2.11. The molecule has 1 aromatic heterocycles. The van der Waals surface area contributed by atoms with Gasteiger partial charge in [0.05, 0.1) is 11.9 Å². The van der Waals surface area contributed by atoms with Gasteiger partial charge in [0, 0.05) is 22.1 Å². The number of anilines is 1. The molecule has 142 valence electrons. The Balaban J connectivity index is 1.67. The van der Waals surface area contributed by atoms with Gasteiger partial charge in [-0.05, 0) is 58.0 Å². The Morgan fingerprint density at radius 1 is 1.07 bits per heavy atom. The van der Waals surface area contributed by atoms with Crippen molar-refractivity contribution in [2.75, 3.05) is 5.73 Å². The highest BCUT2D eigenvalue weighted by molar-refractivity contribution is 14.1. The summed E-state index contributed by atoms with van der Waals surface area (Å²) in [7, 11) is 0. The normalized spacial score (nSPS) is 10.5. The van der Waals surface area contributed by atoms with Crippen molar-refractivity contribution in [3.8, 4) is 0 Å². The van der Waals surface area contributed by atoms with Crippen LogP contribution in [0.25, 0.3) is 0 Å². The lowest BCUT2D eigenvalue weighted by molar-refractivity contribution is 0.0949. The molecule has 0 saturated heterocycles.